The number of fused-ring (bicyclic) bond motifs is 1. The molecule has 0 atom stereocenters. The molecule has 2 aromatic carbocycles. The van der Waals surface area contributed by atoms with Crippen LogP contribution < -0.4 is 5.69 Å². The number of pyridine rings is 1. The number of rotatable bonds is 4. The van der Waals surface area contributed by atoms with E-state index in [4.69, 9.17) is 0 Å². The molecule has 2 N–H and O–H groups in total. The third-order valence-corrected chi connectivity index (χ3v) is 4.16. The maximum atomic E-state index is 12.9. The van der Waals surface area contributed by atoms with E-state index in [1.165, 1.54) is 0 Å². The molecule has 0 unspecified atom stereocenters. The van der Waals surface area contributed by atoms with Crippen LogP contribution in [0.2, 0.25) is 0 Å². The Kier molecular flexibility index (Phi) is 3.74. The lowest BCUT2D eigenvalue weighted by Gasteiger charge is -2.09. The van der Waals surface area contributed by atoms with Crippen LogP contribution in [0.3, 0.4) is 0 Å². The van der Waals surface area contributed by atoms with Gasteiger partial charge in [-0.2, -0.15) is 0 Å². The molecule has 0 aliphatic carbocycles. The molecule has 0 fully saturated rings. The van der Waals surface area contributed by atoms with Gasteiger partial charge in [0.15, 0.2) is 5.78 Å². The lowest BCUT2D eigenvalue weighted by molar-refractivity contribution is 0.0993. The predicted octanol–water partition coefficient (Wildman–Crippen LogP) is 3.34. The molecular formula is C20H15N3O2. The number of imidazole rings is 1. The minimum absolute atomic E-state index is 0.0321. The van der Waals surface area contributed by atoms with Crippen LogP contribution >= 0.6 is 0 Å². The van der Waals surface area contributed by atoms with E-state index in [0.29, 0.717) is 11.1 Å². The summed E-state index contributed by atoms with van der Waals surface area (Å²) < 4.78 is 0. The average Bonchev–Trinajstić information content (AvgIpc) is 3.02. The number of ketones is 1. The molecule has 4 rings (SSSR count). The van der Waals surface area contributed by atoms with E-state index in [2.05, 4.69) is 15.0 Å². The summed E-state index contributed by atoms with van der Waals surface area (Å²) in [4.78, 5) is 33.7. The van der Waals surface area contributed by atoms with E-state index >= 15 is 0 Å². The maximum Gasteiger partial charge on any atom is 0.323 e. The number of benzene rings is 2. The summed E-state index contributed by atoms with van der Waals surface area (Å²) in [7, 11) is 0. The van der Waals surface area contributed by atoms with Crippen LogP contribution in [-0.4, -0.2) is 20.7 Å². The fourth-order valence-corrected chi connectivity index (χ4v) is 2.98. The van der Waals surface area contributed by atoms with Crippen LogP contribution in [0.5, 0.6) is 0 Å². The van der Waals surface area contributed by atoms with Crippen molar-refractivity contribution in [1.82, 2.24) is 15.0 Å². The Bertz CT molecular complexity index is 1110. The fraction of sp³-hybridized carbons (Fsp3) is 0.0500. The van der Waals surface area contributed by atoms with E-state index in [-0.39, 0.29) is 17.9 Å². The molecule has 2 heterocycles. The highest BCUT2D eigenvalue weighted by atomic mass is 16.1. The van der Waals surface area contributed by atoms with Crippen LogP contribution in [0.25, 0.3) is 22.2 Å². The van der Waals surface area contributed by atoms with E-state index in [1.807, 2.05) is 54.6 Å². The number of hydrogen-bond donors (Lipinski definition) is 2. The van der Waals surface area contributed by atoms with Crippen molar-refractivity contribution < 1.29 is 4.79 Å². The summed E-state index contributed by atoms with van der Waals surface area (Å²) >= 11 is 0. The van der Waals surface area contributed by atoms with E-state index in [1.54, 1.807) is 12.4 Å². The largest absolute Gasteiger partial charge is 0.323 e. The van der Waals surface area contributed by atoms with Gasteiger partial charge in [-0.3, -0.25) is 9.78 Å². The first kappa shape index (κ1) is 15.1. The third kappa shape index (κ3) is 2.99. The van der Waals surface area contributed by atoms with E-state index in [9.17, 15) is 9.59 Å². The van der Waals surface area contributed by atoms with Gasteiger partial charge < -0.3 is 9.97 Å². The zero-order valence-corrected chi connectivity index (χ0v) is 13.3. The van der Waals surface area contributed by atoms with Crippen LogP contribution in [-0.2, 0) is 6.42 Å². The van der Waals surface area contributed by atoms with Crippen molar-refractivity contribution >= 4 is 16.8 Å². The molecular weight excluding hydrogens is 314 g/mol. The van der Waals surface area contributed by atoms with Crippen LogP contribution in [0.1, 0.15) is 15.9 Å². The Morgan fingerprint density at radius 3 is 2.52 bits per heavy atom. The summed E-state index contributed by atoms with van der Waals surface area (Å²) in [5.41, 5.74) is 4.58. The number of carbonyl (C=O) groups excluding carboxylic acids is 1. The summed E-state index contributed by atoms with van der Waals surface area (Å²) in [6.07, 6.45) is 3.70. The van der Waals surface area contributed by atoms with Crippen molar-refractivity contribution in [2.45, 2.75) is 6.42 Å². The monoisotopic (exact) mass is 329 g/mol. The Morgan fingerprint density at radius 1 is 0.920 bits per heavy atom. The molecule has 0 bridgehead atoms. The van der Waals surface area contributed by atoms with Gasteiger partial charge in [-0.05, 0) is 41.0 Å². The molecule has 2 aromatic heterocycles. The van der Waals surface area contributed by atoms with Crippen molar-refractivity contribution in [2.24, 2.45) is 0 Å². The molecule has 0 aliphatic heterocycles. The Labute approximate surface area is 143 Å². The topological polar surface area (TPSA) is 78.6 Å². The SMILES string of the molecule is O=C(Cc1ccc2[nH]c(=O)[nH]c2c1)c1ccccc1-c1ccncc1. The van der Waals surface area contributed by atoms with Crippen molar-refractivity contribution in [1.29, 1.82) is 0 Å². The third-order valence-electron chi connectivity index (χ3n) is 4.16. The molecule has 0 radical (unpaired) electrons. The second-order valence-electron chi connectivity index (χ2n) is 5.84. The molecule has 0 spiro atoms. The average molecular weight is 329 g/mol. The summed E-state index contributed by atoms with van der Waals surface area (Å²) in [6.45, 7) is 0. The van der Waals surface area contributed by atoms with Crippen molar-refractivity contribution in [3.63, 3.8) is 0 Å². The number of Topliss-reactive ketones (excluding diaryl/α,β-unsaturated/α-hetero) is 1. The first-order valence-corrected chi connectivity index (χ1v) is 7.94. The van der Waals surface area contributed by atoms with Gasteiger partial charge in [-0.15, -0.1) is 0 Å². The Morgan fingerprint density at radius 2 is 1.68 bits per heavy atom. The van der Waals surface area contributed by atoms with Crippen molar-refractivity contribution in [2.75, 3.05) is 0 Å². The number of carbonyl (C=O) groups is 1. The van der Waals surface area contributed by atoms with Crippen LogP contribution in [0.15, 0.2) is 71.8 Å². The van der Waals surface area contributed by atoms with Crippen molar-refractivity contribution in [3.8, 4) is 11.1 Å². The van der Waals surface area contributed by atoms with Gasteiger partial charge in [-0.1, -0.05) is 30.3 Å². The standard InChI is InChI=1S/C20H15N3O2/c24-19(12-13-5-6-17-18(11-13)23-20(25)22-17)16-4-2-1-3-15(16)14-7-9-21-10-8-14/h1-11H,12H2,(H2,22,23,25). The second-order valence-corrected chi connectivity index (χ2v) is 5.84. The summed E-state index contributed by atoms with van der Waals surface area (Å²) in [5.74, 6) is 0.0321. The van der Waals surface area contributed by atoms with Gasteiger partial charge in [0.2, 0.25) is 0 Å². The summed E-state index contributed by atoms with van der Waals surface area (Å²) in [5, 5.41) is 0. The summed E-state index contributed by atoms with van der Waals surface area (Å²) in [6, 6.07) is 16.9. The molecule has 5 nitrogen and oxygen atoms in total. The van der Waals surface area contributed by atoms with Gasteiger partial charge in [0, 0.05) is 24.4 Å². The van der Waals surface area contributed by atoms with Gasteiger partial charge in [-0.25, -0.2) is 4.79 Å². The number of nitrogens with zero attached hydrogens (tertiary/aromatic N) is 1. The minimum atomic E-state index is -0.249. The molecule has 4 aromatic rings. The first-order chi connectivity index (χ1) is 12.2. The lowest BCUT2D eigenvalue weighted by Crippen LogP contribution is -2.05. The lowest BCUT2D eigenvalue weighted by atomic mass is 9.94. The molecule has 25 heavy (non-hydrogen) atoms. The van der Waals surface area contributed by atoms with Gasteiger partial charge in [0.25, 0.3) is 0 Å². The molecule has 0 amide bonds. The molecule has 5 heteroatoms. The fourth-order valence-electron chi connectivity index (χ4n) is 2.98. The highest BCUT2D eigenvalue weighted by Gasteiger charge is 2.13. The Hall–Kier alpha value is -3.47. The van der Waals surface area contributed by atoms with Gasteiger partial charge in [0.1, 0.15) is 0 Å². The maximum absolute atomic E-state index is 12.9. The molecule has 122 valence electrons. The number of aromatic nitrogens is 3. The zero-order valence-electron chi connectivity index (χ0n) is 13.3. The normalized spacial score (nSPS) is 10.9. The number of hydrogen-bond acceptors (Lipinski definition) is 3. The molecule has 0 saturated heterocycles. The van der Waals surface area contributed by atoms with Crippen LogP contribution in [0.4, 0.5) is 0 Å². The van der Waals surface area contributed by atoms with Crippen molar-refractivity contribution in [3.05, 3.63) is 88.6 Å². The highest BCUT2D eigenvalue weighted by Crippen LogP contribution is 2.24. The minimum Gasteiger partial charge on any atom is -0.306 e. The number of nitrogens with one attached hydrogen (secondary N) is 2. The number of H-pyrrole nitrogens is 2. The molecule has 0 aliphatic rings. The van der Waals surface area contributed by atoms with Gasteiger partial charge >= 0.3 is 5.69 Å². The quantitative estimate of drug-likeness (QED) is 0.564. The van der Waals surface area contributed by atoms with Gasteiger partial charge in [0.05, 0.1) is 11.0 Å². The second kappa shape index (κ2) is 6.20. The van der Waals surface area contributed by atoms with E-state index in [0.717, 1.165) is 22.2 Å². The Balaban J connectivity index is 1.68. The first-order valence-electron chi connectivity index (χ1n) is 7.94. The smallest absolute Gasteiger partial charge is 0.306 e. The predicted molar refractivity (Wildman–Crippen MR) is 96.6 cm³/mol. The van der Waals surface area contributed by atoms with Crippen LogP contribution in [0, 0.1) is 0 Å². The number of aromatic amines is 2. The molecule has 0 saturated carbocycles. The zero-order chi connectivity index (χ0) is 17.2. The highest BCUT2D eigenvalue weighted by molar-refractivity contribution is 6.03. The van der Waals surface area contributed by atoms with E-state index < -0.39 is 0 Å².